The number of benzene rings is 1. The van der Waals surface area contributed by atoms with Gasteiger partial charge in [-0.15, -0.1) is 0 Å². The van der Waals surface area contributed by atoms with E-state index in [2.05, 4.69) is 23.6 Å². The van der Waals surface area contributed by atoms with Crippen molar-refractivity contribution >= 4 is 10.0 Å². The smallest absolute Gasteiger partial charge is 0.240 e. The van der Waals surface area contributed by atoms with Gasteiger partial charge in [0.2, 0.25) is 10.0 Å². The van der Waals surface area contributed by atoms with Gasteiger partial charge in [0, 0.05) is 18.9 Å². The van der Waals surface area contributed by atoms with Crippen LogP contribution >= 0.6 is 0 Å². The lowest BCUT2D eigenvalue weighted by atomic mass is 9.99. The molecule has 1 heterocycles. The summed E-state index contributed by atoms with van der Waals surface area (Å²) in [5.41, 5.74) is 2.18. The largest absolute Gasteiger partial charge is 0.264 e. The second kappa shape index (κ2) is 7.51. The summed E-state index contributed by atoms with van der Waals surface area (Å²) >= 11 is 0. The molecule has 5 heteroatoms. The molecule has 0 saturated carbocycles. The average molecular weight is 318 g/mol. The Hall–Kier alpha value is -1.72. The van der Waals surface area contributed by atoms with Gasteiger partial charge in [0.05, 0.1) is 4.90 Å². The van der Waals surface area contributed by atoms with Crippen LogP contribution in [0.5, 0.6) is 0 Å². The molecule has 2 rings (SSSR count). The lowest BCUT2D eigenvalue weighted by Crippen LogP contribution is -2.26. The van der Waals surface area contributed by atoms with Gasteiger partial charge >= 0.3 is 0 Å². The van der Waals surface area contributed by atoms with Crippen molar-refractivity contribution in [2.24, 2.45) is 0 Å². The predicted octanol–water partition coefficient (Wildman–Crippen LogP) is 3.12. The van der Waals surface area contributed by atoms with Crippen LogP contribution in [0.3, 0.4) is 0 Å². The van der Waals surface area contributed by atoms with Gasteiger partial charge in [-0.3, -0.25) is 4.98 Å². The maximum absolute atomic E-state index is 12.2. The molecular weight excluding hydrogens is 296 g/mol. The van der Waals surface area contributed by atoms with Gasteiger partial charge in [-0.25, -0.2) is 13.1 Å². The standard InChI is InChI=1S/C17H22N2O2S/c1-3-14(2)16-6-8-17(9-7-16)22(20,21)19-12-10-15-5-4-11-18-13-15/h4-9,11,13-14,19H,3,10,12H2,1-2H3. The second-order valence-electron chi connectivity index (χ2n) is 5.39. The van der Waals surface area contributed by atoms with Crippen LogP contribution in [0.15, 0.2) is 53.7 Å². The molecule has 2 aromatic rings. The van der Waals surface area contributed by atoms with Crippen LogP contribution in [0.25, 0.3) is 0 Å². The quantitative estimate of drug-likeness (QED) is 0.853. The van der Waals surface area contributed by atoms with E-state index in [0.717, 1.165) is 17.5 Å². The fourth-order valence-electron chi connectivity index (χ4n) is 2.17. The molecule has 0 saturated heterocycles. The summed E-state index contributed by atoms with van der Waals surface area (Å²) in [4.78, 5) is 4.33. The van der Waals surface area contributed by atoms with Crippen LogP contribution in [0.1, 0.15) is 37.3 Å². The number of aromatic nitrogens is 1. The minimum Gasteiger partial charge on any atom is -0.264 e. The van der Waals surface area contributed by atoms with Gasteiger partial charge in [0.15, 0.2) is 0 Å². The van der Waals surface area contributed by atoms with E-state index in [-0.39, 0.29) is 0 Å². The number of nitrogens with one attached hydrogen (secondary N) is 1. The van der Waals surface area contributed by atoms with Crippen molar-refractivity contribution in [3.8, 4) is 0 Å². The normalized spacial score (nSPS) is 13.0. The van der Waals surface area contributed by atoms with Crippen LogP contribution in [0.2, 0.25) is 0 Å². The fourth-order valence-corrected chi connectivity index (χ4v) is 3.20. The molecule has 0 bridgehead atoms. The highest BCUT2D eigenvalue weighted by Crippen LogP contribution is 2.20. The first kappa shape index (κ1) is 16.6. The zero-order valence-corrected chi connectivity index (χ0v) is 13.8. The first-order valence-corrected chi connectivity index (χ1v) is 9.00. The van der Waals surface area contributed by atoms with Crippen LogP contribution in [-0.4, -0.2) is 19.9 Å². The lowest BCUT2D eigenvalue weighted by Gasteiger charge is -2.11. The van der Waals surface area contributed by atoms with Crippen LogP contribution in [0.4, 0.5) is 0 Å². The van der Waals surface area contributed by atoms with E-state index >= 15 is 0 Å². The molecule has 0 aliphatic rings. The first-order chi connectivity index (χ1) is 10.5. The van der Waals surface area contributed by atoms with Crippen LogP contribution in [-0.2, 0) is 16.4 Å². The molecule has 0 spiro atoms. The van der Waals surface area contributed by atoms with Crippen molar-refractivity contribution in [1.29, 1.82) is 0 Å². The van der Waals surface area contributed by atoms with Crippen molar-refractivity contribution in [2.45, 2.75) is 37.5 Å². The van der Waals surface area contributed by atoms with Gasteiger partial charge < -0.3 is 0 Å². The Morgan fingerprint density at radius 3 is 2.50 bits per heavy atom. The third-order valence-corrected chi connectivity index (χ3v) is 5.28. The summed E-state index contributed by atoms with van der Waals surface area (Å²) in [5.74, 6) is 0.440. The van der Waals surface area contributed by atoms with E-state index in [9.17, 15) is 8.42 Å². The maximum Gasteiger partial charge on any atom is 0.240 e. The van der Waals surface area contributed by atoms with Crippen molar-refractivity contribution < 1.29 is 8.42 Å². The molecule has 0 radical (unpaired) electrons. The summed E-state index contributed by atoms with van der Waals surface area (Å²) in [5, 5.41) is 0. The molecule has 1 aromatic heterocycles. The molecule has 118 valence electrons. The van der Waals surface area contributed by atoms with Gasteiger partial charge in [-0.05, 0) is 48.1 Å². The fraction of sp³-hybridized carbons (Fsp3) is 0.353. The summed E-state index contributed by atoms with van der Waals surface area (Å²) < 4.78 is 27.1. The van der Waals surface area contributed by atoms with E-state index in [0.29, 0.717) is 23.8 Å². The number of rotatable bonds is 7. The Balaban J connectivity index is 1.98. The highest BCUT2D eigenvalue weighted by molar-refractivity contribution is 7.89. The molecule has 0 aliphatic carbocycles. The predicted molar refractivity (Wildman–Crippen MR) is 88.3 cm³/mol. The Bertz CT molecular complexity index is 682. The number of pyridine rings is 1. The molecule has 4 nitrogen and oxygen atoms in total. The minimum absolute atomic E-state index is 0.311. The third kappa shape index (κ3) is 4.39. The number of nitrogens with zero attached hydrogens (tertiary/aromatic N) is 1. The number of hydrogen-bond donors (Lipinski definition) is 1. The lowest BCUT2D eigenvalue weighted by molar-refractivity contribution is 0.581. The molecular formula is C17H22N2O2S. The van der Waals surface area contributed by atoms with E-state index in [1.807, 2.05) is 24.3 Å². The summed E-state index contributed by atoms with van der Waals surface area (Å²) in [6, 6.07) is 10.9. The van der Waals surface area contributed by atoms with Crippen LogP contribution < -0.4 is 4.72 Å². The zero-order valence-electron chi connectivity index (χ0n) is 13.0. The Kier molecular flexibility index (Phi) is 5.69. The molecule has 1 atom stereocenters. The van der Waals surface area contributed by atoms with Gasteiger partial charge in [0.25, 0.3) is 0 Å². The summed E-state index contributed by atoms with van der Waals surface area (Å²) in [6.07, 6.45) is 5.11. The van der Waals surface area contributed by atoms with E-state index in [1.165, 1.54) is 0 Å². The Labute approximate surface area is 132 Å². The van der Waals surface area contributed by atoms with Crippen molar-refractivity contribution in [3.63, 3.8) is 0 Å². The summed E-state index contributed by atoms with van der Waals surface area (Å²) in [7, 11) is -3.45. The minimum atomic E-state index is -3.45. The van der Waals surface area contributed by atoms with Crippen molar-refractivity contribution in [3.05, 3.63) is 59.9 Å². The van der Waals surface area contributed by atoms with E-state index in [4.69, 9.17) is 0 Å². The highest BCUT2D eigenvalue weighted by atomic mass is 32.2. The van der Waals surface area contributed by atoms with E-state index < -0.39 is 10.0 Å². The van der Waals surface area contributed by atoms with E-state index in [1.54, 1.807) is 24.5 Å². The molecule has 1 unspecified atom stereocenters. The van der Waals surface area contributed by atoms with Crippen molar-refractivity contribution in [1.82, 2.24) is 9.71 Å². The van der Waals surface area contributed by atoms with Gasteiger partial charge in [-0.1, -0.05) is 32.0 Å². The van der Waals surface area contributed by atoms with Gasteiger partial charge in [-0.2, -0.15) is 0 Å². The summed E-state index contributed by atoms with van der Waals surface area (Å²) in [6.45, 7) is 4.62. The van der Waals surface area contributed by atoms with Crippen LogP contribution in [0, 0.1) is 0 Å². The highest BCUT2D eigenvalue weighted by Gasteiger charge is 2.13. The molecule has 1 aromatic carbocycles. The zero-order chi connectivity index (χ0) is 16.0. The first-order valence-electron chi connectivity index (χ1n) is 7.51. The molecule has 0 amide bonds. The number of sulfonamides is 1. The average Bonchev–Trinajstić information content (AvgIpc) is 2.55. The monoisotopic (exact) mass is 318 g/mol. The maximum atomic E-state index is 12.2. The third-order valence-electron chi connectivity index (χ3n) is 3.80. The molecule has 1 N–H and O–H groups in total. The molecule has 22 heavy (non-hydrogen) atoms. The van der Waals surface area contributed by atoms with Gasteiger partial charge in [0.1, 0.15) is 0 Å². The van der Waals surface area contributed by atoms with Crippen molar-refractivity contribution in [2.75, 3.05) is 6.54 Å². The topological polar surface area (TPSA) is 59.1 Å². The molecule has 0 aliphatic heterocycles. The SMILES string of the molecule is CCC(C)c1ccc(S(=O)(=O)NCCc2cccnc2)cc1. The Morgan fingerprint density at radius 1 is 1.18 bits per heavy atom. The Morgan fingerprint density at radius 2 is 1.91 bits per heavy atom. The molecule has 0 fully saturated rings. The number of hydrogen-bond acceptors (Lipinski definition) is 3. The second-order valence-corrected chi connectivity index (χ2v) is 7.15.